The lowest BCUT2D eigenvalue weighted by Gasteiger charge is -2.64. The molecule has 35 heavy (non-hydrogen) atoms. The number of likely N-dealkylation sites (tertiary alicyclic amines) is 1. The third-order valence-electron chi connectivity index (χ3n) is 9.33. The average molecular weight is 473 g/mol. The minimum Gasteiger partial charge on any atom is -0.504 e. The third-order valence-corrected chi connectivity index (χ3v) is 9.33. The molecule has 4 aliphatic rings. The van der Waals surface area contributed by atoms with Crippen LogP contribution in [0.2, 0.25) is 0 Å². The van der Waals surface area contributed by atoms with Crippen molar-refractivity contribution >= 4 is 5.91 Å². The zero-order valence-electron chi connectivity index (χ0n) is 20.8. The van der Waals surface area contributed by atoms with Crippen LogP contribution in [0.3, 0.4) is 0 Å². The van der Waals surface area contributed by atoms with E-state index in [0.717, 1.165) is 35.2 Å². The maximum absolute atomic E-state index is 13.1. The van der Waals surface area contributed by atoms with Crippen molar-refractivity contribution in [2.75, 3.05) is 20.6 Å². The fraction of sp³-hybridized carbons (Fsp3) is 0.483. The topological polar surface area (TPSA) is 73.2 Å². The van der Waals surface area contributed by atoms with Gasteiger partial charge in [-0.15, -0.1) is 0 Å². The fourth-order valence-electron chi connectivity index (χ4n) is 7.25. The van der Waals surface area contributed by atoms with Crippen LogP contribution in [0.1, 0.15) is 47.1 Å². The molecule has 2 aromatic carbocycles. The summed E-state index contributed by atoms with van der Waals surface area (Å²) in [6.45, 7) is 4.95. The van der Waals surface area contributed by atoms with E-state index in [4.69, 9.17) is 4.74 Å². The zero-order valence-corrected chi connectivity index (χ0v) is 20.8. The van der Waals surface area contributed by atoms with Crippen LogP contribution in [0, 0.1) is 25.7 Å². The van der Waals surface area contributed by atoms with Gasteiger partial charge in [0.15, 0.2) is 11.5 Å². The van der Waals surface area contributed by atoms with Crippen LogP contribution >= 0.6 is 0 Å². The molecule has 1 spiro atoms. The van der Waals surface area contributed by atoms with E-state index >= 15 is 0 Å². The number of phenolic OH excluding ortho intramolecular Hbond substituents is 1. The molecule has 2 aliphatic carbocycles. The van der Waals surface area contributed by atoms with Gasteiger partial charge in [-0.25, -0.2) is 0 Å². The number of nitrogens with zero attached hydrogens (tertiary/aromatic N) is 2. The van der Waals surface area contributed by atoms with E-state index < -0.39 is 11.0 Å². The summed E-state index contributed by atoms with van der Waals surface area (Å²) in [6.07, 6.45) is 2.23. The van der Waals surface area contributed by atoms with Gasteiger partial charge in [0.2, 0.25) is 0 Å². The Morgan fingerprint density at radius 2 is 2.03 bits per heavy atom. The third kappa shape index (κ3) is 2.95. The summed E-state index contributed by atoms with van der Waals surface area (Å²) in [5, 5.41) is 23.1. The number of aliphatic hydroxyl groups is 1. The van der Waals surface area contributed by atoms with E-state index in [1.54, 1.807) is 18.0 Å². The summed E-state index contributed by atoms with van der Waals surface area (Å²) < 4.78 is 6.42. The Kier molecular flexibility index (Phi) is 4.81. The van der Waals surface area contributed by atoms with Crippen molar-refractivity contribution in [3.8, 4) is 23.3 Å². The smallest absolute Gasteiger partial charge is 0.298 e. The monoisotopic (exact) mass is 472 g/mol. The predicted molar refractivity (Wildman–Crippen MR) is 132 cm³/mol. The first kappa shape index (κ1) is 22.5. The maximum atomic E-state index is 13.1. The van der Waals surface area contributed by atoms with Crippen LogP contribution in [-0.2, 0) is 16.6 Å². The summed E-state index contributed by atoms with van der Waals surface area (Å²) in [6, 6.07) is 9.35. The molecular formula is C29H32N2O4. The normalized spacial score (nSPS) is 32.2. The van der Waals surface area contributed by atoms with E-state index in [2.05, 4.69) is 30.7 Å². The number of hydrogen-bond acceptors (Lipinski definition) is 5. The van der Waals surface area contributed by atoms with Crippen molar-refractivity contribution in [2.45, 2.75) is 68.7 Å². The molecule has 1 amide bonds. The Morgan fingerprint density at radius 3 is 2.80 bits per heavy atom. The number of likely N-dealkylation sites (N-methyl/N-ethyl adjacent to an activating group) is 1. The lowest BCUT2D eigenvalue weighted by Crippen LogP contribution is -2.77. The summed E-state index contributed by atoms with van der Waals surface area (Å²) >= 11 is 0. The van der Waals surface area contributed by atoms with E-state index in [9.17, 15) is 15.0 Å². The lowest BCUT2D eigenvalue weighted by molar-refractivity contribution is -0.194. The number of hydrogen-bond donors (Lipinski definition) is 2. The summed E-state index contributed by atoms with van der Waals surface area (Å²) in [5.74, 6) is 6.22. The predicted octanol–water partition coefficient (Wildman–Crippen LogP) is 2.67. The minimum absolute atomic E-state index is 0.0711. The number of aromatic hydroxyl groups is 1. The second kappa shape index (κ2) is 7.49. The molecule has 2 N–H and O–H groups in total. The molecule has 0 unspecified atom stereocenters. The average Bonchev–Trinajstić information content (AvgIpc) is 3.17. The van der Waals surface area contributed by atoms with E-state index in [1.165, 1.54) is 5.56 Å². The molecule has 0 radical (unpaired) electrons. The first-order valence-electron chi connectivity index (χ1n) is 12.5. The van der Waals surface area contributed by atoms with Gasteiger partial charge < -0.3 is 24.7 Å². The number of benzene rings is 2. The van der Waals surface area contributed by atoms with Crippen LogP contribution in [0.25, 0.3) is 0 Å². The second-order valence-corrected chi connectivity index (χ2v) is 11.0. The highest BCUT2D eigenvalue weighted by atomic mass is 16.5. The molecule has 2 aromatic rings. The number of rotatable bonds is 1. The Bertz CT molecular complexity index is 1310. The number of aryl methyl sites for hydroxylation is 2. The molecule has 2 aliphatic heterocycles. The minimum atomic E-state index is -1.06. The number of phenols is 1. The molecule has 2 heterocycles. The van der Waals surface area contributed by atoms with Crippen molar-refractivity contribution in [1.82, 2.24) is 9.80 Å². The molecule has 6 nitrogen and oxygen atoms in total. The molecule has 182 valence electrons. The number of carbonyl (C=O) groups is 1. The molecule has 2 bridgehead atoms. The zero-order chi connectivity index (χ0) is 24.7. The Hall–Kier alpha value is -3.01. The lowest BCUT2D eigenvalue weighted by atomic mass is 9.48. The molecule has 2 fully saturated rings. The van der Waals surface area contributed by atoms with Crippen molar-refractivity contribution < 1.29 is 19.7 Å². The fourth-order valence-corrected chi connectivity index (χ4v) is 7.25. The van der Waals surface area contributed by atoms with Crippen molar-refractivity contribution in [2.24, 2.45) is 0 Å². The Morgan fingerprint density at radius 1 is 1.23 bits per heavy atom. The van der Waals surface area contributed by atoms with Crippen LogP contribution in [0.5, 0.6) is 11.5 Å². The van der Waals surface area contributed by atoms with Gasteiger partial charge in [0.1, 0.15) is 6.10 Å². The van der Waals surface area contributed by atoms with Crippen LogP contribution in [0.4, 0.5) is 0 Å². The molecule has 6 rings (SSSR count). The van der Waals surface area contributed by atoms with Gasteiger partial charge in [-0.1, -0.05) is 18.1 Å². The molecular weight excluding hydrogens is 440 g/mol. The molecule has 0 aromatic heterocycles. The Balaban J connectivity index is 1.34. The number of ether oxygens (including phenoxy) is 1. The molecule has 1 saturated carbocycles. The number of amides is 1. The summed E-state index contributed by atoms with van der Waals surface area (Å²) in [7, 11) is 3.84. The van der Waals surface area contributed by atoms with Gasteiger partial charge in [-0.3, -0.25) is 4.79 Å². The number of carbonyl (C=O) groups excluding carboxylic acids is 1. The van der Waals surface area contributed by atoms with Crippen molar-refractivity contribution in [3.05, 3.63) is 58.1 Å². The van der Waals surface area contributed by atoms with Crippen LogP contribution < -0.4 is 4.74 Å². The van der Waals surface area contributed by atoms with E-state index in [-0.39, 0.29) is 29.8 Å². The Labute approximate surface area is 206 Å². The summed E-state index contributed by atoms with van der Waals surface area (Å²) in [5.41, 5.74) is 3.69. The van der Waals surface area contributed by atoms with Gasteiger partial charge in [-0.05, 0) is 81.6 Å². The highest BCUT2D eigenvalue weighted by Gasteiger charge is 2.72. The van der Waals surface area contributed by atoms with Crippen LogP contribution in [0.15, 0.2) is 30.3 Å². The van der Waals surface area contributed by atoms with Crippen LogP contribution in [-0.4, -0.2) is 70.3 Å². The van der Waals surface area contributed by atoms with Gasteiger partial charge in [0.05, 0.1) is 11.0 Å². The SMILES string of the molecule is Cc1ccc(C#CC(=O)N(C)[C@H]2C[C@@H]3Oc4c(O)ccc5c4[C@@]34CCN(C)[C@H](C5)[C@]4(O)C2)cc1C. The standard InChI is InChI=1S/C29H32N2O4/c1-17-5-6-19(13-18(17)2)7-10-25(33)31(4)21-15-24-28-11-12-30(3)23(29(28,34)16-21)14-20-8-9-22(32)27(35-24)26(20)28/h5-6,8-9,13,21,23-24,32,34H,11-12,14-16H2,1-4H3/t21-,23+,24-,28+,29+/m0/s1. The molecule has 1 saturated heterocycles. The van der Waals surface area contributed by atoms with E-state index in [0.29, 0.717) is 25.0 Å². The molecule has 6 heteroatoms. The van der Waals surface area contributed by atoms with Gasteiger partial charge in [0, 0.05) is 42.6 Å². The van der Waals surface area contributed by atoms with Gasteiger partial charge in [-0.2, -0.15) is 0 Å². The maximum Gasteiger partial charge on any atom is 0.298 e. The van der Waals surface area contributed by atoms with Gasteiger partial charge in [0.25, 0.3) is 5.91 Å². The largest absolute Gasteiger partial charge is 0.504 e. The quantitative estimate of drug-likeness (QED) is 0.625. The van der Waals surface area contributed by atoms with E-state index in [1.807, 2.05) is 31.2 Å². The molecule has 5 atom stereocenters. The number of piperidine rings is 1. The highest BCUT2D eigenvalue weighted by Crippen LogP contribution is 2.65. The van der Waals surface area contributed by atoms with Crippen molar-refractivity contribution in [3.63, 3.8) is 0 Å². The summed E-state index contributed by atoms with van der Waals surface area (Å²) in [4.78, 5) is 17.1. The van der Waals surface area contributed by atoms with Gasteiger partial charge >= 0.3 is 0 Å². The first-order valence-corrected chi connectivity index (χ1v) is 12.5. The second-order valence-electron chi connectivity index (χ2n) is 11.0. The highest BCUT2D eigenvalue weighted by molar-refractivity contribution is 5.94. The first-order chi connectivity index (χ1) is 16.7. The van der Waals surface area contributed by atoms with Crippen molar-refractivity contribution in [1.29, 1.82) is 0 Å².